The summed E-state index contributed by atoms with van der Waals surface area (Å²) in [5, 5.41) is 10.6. The van der Waals surface area contributed by atoms with Crippen LogP contribution < -0.4 is 14.8 Å². The number of ether oxygens (including phenoxy) is 2. The second-order valence-electron chi connectivity index (χ2n) is 8.24. The van der Waals surface area contributed by atoms with Crippen molar-refractivity contribution in [2.75, 3.05) is 18.5 Å². The van der Waals surface area contributed by atoms with Gasteiger partial charge in [0.2, 0.25) is 5.91 Å². The second kappa shape index (κ2) is 12.4. The van der Waals surface area contributed by atoms with Gasteiger partial charge >= 0.3 is 0 Å². The van der Waals surface area contributed by atoms with Crippen molar-refractivity contribution in [3.8, 4) is 17.6 Å². The van der Waals surface area contributed by atoms with E-state index in [1.165, 1.54) is 6.08 Å². The first kappa shape index (κ1) is 28.3. The summed E-state index contributed by atoms with van der Waals surface area (Å²) in [6.45, 7) is 1.46. The predicted octanol–water partition coefficient (Wildman–Crippen LogP) is 5.63. The van der Waals surface area contributed by atoms with Crippen molar-refractivity contribution in [1.82, 2.24) is 4.90 Å². The first-order chi connectivity index (χ1) is 19.2. The molecule has 0 saturated carbocycles. The van der Waals surface area contributed by atoms with Gasteiger partial charge in [-0.05, 0) is 60.7 Å². The fourth-order valence-electron chi connectivity index (χ4n) is 3.66. The molecule has 3 aromatic rings. The first-order valence-corrected chi connectivity index (χ1v) is 12.6. The average molecular weight is 568 g/mol. The van der Waals surface area contributed by atoms with Crippen molar-refractivity contribution in [3.05, 3.63) is 93.6 Å². The van der Waals surface area contributed by atoms with Crippen LogP contribution in [0, 0.1) is 28.8 Å². The molecule has 40 heavy (non-hydrogen) atoms. The Hall–Kier alpha value is -4.76. The summed E-state index contributed by atoms with van der Waals surface area (Å²) in [6.07, 6.45) is 1.44. The molecule has 1 N–H and O–H groups in total. The van der Waals surface area contributed by atoms with Crippen molar-refractivity contribution < 1.29 is 37.0 Å². The molecular formula is C28H20F3N3O5S. The first-order valence-electron chi connectivity index (χ1n) is 11.8. The Balaban J connectivity index is 1.47. The zero-order chi connectivity index (χ0) is 28.8. The molecular weight excluding hydrogens is 547 g/mol. The van der Waals surface area contributed by atoms with Crippen LogP contribution in [0.5, 0.6) is 11.5 Å². The normalized spacial score (nSPS) is 13.9. The van der Waals surface area contributed by atoms with Crippen LogP contribution in [-0.4, -0.2) is 35.1 Å². The molecule has 1 saturated heterocycles. The maximum atomic E-state index is 13.9. The molecule has 8 nitrogen and oxygen atoms in total. The van der Waals surface area contributed by atoms with Gasteiger partial charge in [-0.2, -0.15) is 5.26 Å². The van der Waals surface area contributed by atoms with Crippen LogP contribution in [0.15, 0.2) is 59.5 Å². The number of hydrogen-bond acceptors (Lipinski definition) is 7. The van der Waals surface area contributed by atoms with Crippen molar-refractivity contribution in [2.45, 2.75) is 13.5 Å². The van der Waals surface area contributed by atoms with E-state index in [1.807, 2.05) is 5.32 Å². The molecule has 1 aliphatic heterocycles. The molecule has 1 heterocycles. The number of carbonyl (C=O) groups is 3. The molecule has 12 heteroatoms. The lowest BCUT2D eigenvalue weighted by atomic mass is 10.1. The molecule has 1 fully saturated rings. The molecule has 4 rings (SSSR count). The Kier molecular flexibility index (Phi) is 8.76. The van der Waals surface area contributed by atoms with E-state index in [4.69, 9.17) is 9.47 Å². The zero-order valence-electron chi connectivity index (χ0n) is 20.9. The molecule has 0 radical (unpaired) electrons. The SMILES string of the molecule is CCOc1cc(/C=C2/SC(=O)N(CC(=O)Nc3ccc(F)c(F)c3F)C2=O)ccc1OCc1ccccc1C#N. The molecule has 0 spiro atoms. The van der Waals surface area contributed by atoms with Crippen molar-refractivity contribution in [1.29, 1.82) is 5.26 Å². The Bertz CT molecular complexity index is 1570. The third kappa shape index (κ3) is 6.27. The van der Waals surface area contributed by atoms with E-state index >= 15 is 0 Å². The molecule has 3 aromatic carbocycles. The molecule has 0 bridgehead atoms. The zero-order valence-corrected chi connectivity index (χ0v) is 21.7. The largest absolute Gasteiger partial charge is 0.490 e. The molecule has 1 aliphatic rings. The van der Waals surface area contributed by atoms with Crippen molar-refractivity contribution in [3.63, 3.8) is 0 Å². The summed E-state index contributed by atoms with van der Waals surface area (Å²) in [5.41, 5.74) is 1.05. The van der Waals surface area contributed by atoms with Gasteiger partial charge in [0.1, 0.15) is 13.2 Å². The minimum Gasteiger partial charge on any atom is -0.490 e. The van der Waals surface area contributed by atoms with E-state index in [-0.39, 0.29) is 11.5 Å². The van der Waals surface area contributed by atoms with Crippen LogP contribution in [-0.2, 0) is 16.2 Å². The number of thioether (sulfide) groups is 1. The Labute approximate surface area is 231 Å². The van der Waals surface area contributed by atoms with Gasteiger partial charge in [0, 0.05) is 5.56 Å². The summed E-state index contributed by atoms with van der Waals surface area (Å²) < 4.78 is 51.9. The van der Waals surface area contributed by atoms with Gasteiger partial charge in [0.05, 0.1) is 28.8 Å². The van der Waals surface area contributed by atoms with Gasteiger partial charge < -0.3 is 14.8 Å². The Morgan fingerprint density at radius 3 is 2.58 bits per heavy atom. The van der Waals surface area contributed by atoms with Crippen LogP contribution in [0.25, 0.3) is 6.08 Å². The van der Waals surface area contributed by atoms with Crippen LogP contribution in [0.3, 0.4) is 0 Å². The number of hydrogen-bond donors (Lipinski definition) is 1. The maximum Gasteiger partial charge on any atom is 0.294 e. The molecule has 204 valence electrons. The van der Waals surface area contributed by atoms with Crippen LogP contribution in [0.1, 0.15) is 23.6 Å². The highest BCUT2D eigenvalue weighted by atomic mass is 32.2. The fourth-order valence-corrected chi connectivity index (χ4v) is 4.49. The summed E-state index contributed by atoms with van der Waals surface area (Å²) >= 11 is 0.600. The molecule has 0 aliphatic carbocycles. The molecule has 0 atom stereocenters. The smallest absolute Gasteiger partial charge is 0.294 e. The standard InChI is InChI=1S/C28H20F3N3O5S/c1-2-38-22-11-16(7-10-21(22)39-15-18-6-4-3-5-17(18)13-32)12-23-27(36)34(28(37)40-23)14-24(35)33-20-9-8-19(29)25(30)26(20)31/h3-12H,2,14-15H2,1H3,(H,33,35)/b23-12+. The lowest BCUT2D eigenvalue weighted by Gasteiger charge is -2.14. The van der Waals surface area contributed by atoms with Crippen molar-refractivity contribution >= 4 is 40.6 Å². The number of imide groups is 1. The summed E-state index contributed by atoms with van der Waals surface area (Å²) in [5.74, 6) is -5.76. The van der Waals surface area contributed by atoms with E-state index in [2.05, 4.69) is 6.07 Å². The number of nitrogens with zero attached hydrogens (tertiary/aromatic N) is 2. The van der Waals surface area contributed by atoms with Crippen LogP contribution in [0.2, 0.25) is 0 Å². The number of halogens is 3. The van der Waals surface area contributed by atoms with Gasteiger partial charge in [-0.25, -0.2) is 13.2 Å². The minimum atomic E-state index is -1.76. The summed E-state index contributed by atoms with van der Waals surface area (Å²) in [4.78, 5) is 38.3. The Morgan fingerprint density at radius 1 is 1.05 bits per heavy atom. The Morgan fingerprint density at radius 2 is 1.82 bits per heavy atom. The topological polar surface area (TPSA) is 109 Å². The number of anilines is 1. The number of carbonyl (C=O) groups excluding carboxylic acids is 3. The number of nitrogens with one attached hydrogen (secondary N) is 1. The van der Waals surface area contributed by atoms with Gasteiger partial charge in [0.15, 0.2) is 29.0 Å². The highest BCUT2D eigenvalue weighted by molar-refractivity contribution is 8.18. The van der Waals surface area contributed by atoms with Gasteiger partial charge in [-0.3, -0.25) is 19.3 Å². The number of amides is 3. The highest BCUT2D eigenvalue weighted by Gasteiger charge is 2.36. The van der Waals surface area contributed by atoms with Crippen LogP contribution in [0.4, 0.5) is 23.7 Å². The average Bonchev–Trinajstić information content (AvgIpc) is 3.20. The van der Waals surface area contributed by atoms with E-state index in [9.17, 15) is 32.8 Å². The van der Waals surface area contributed by atoms with Crippen LogP contribution >= 0.6 is 11.8 Å². The third-order valence-corrected chi connectivity index (χ3v) is 6.48. The van der Waals surface area contributed by atoms with Crippen molar-refractivity contribution in [2.24, 2.45) is 0 Å². The van der Waals surface area contributed by atoms with Gasteiger partial charge in [-0.1, -0.05) is 24.3 Å². The van der Waals surface area contributed by atoms with Gasteiger partial charge in [-0.15, -0.1) is 0 Å². The lowest BCUT2D eigenvalue weighted by molar-refractivity contribution is -0.127. The van der Waals surface area contributed by atoms with E-state index < -0.39 is 46.7 Å². The third-order valence-electron chi connectivity index (χ3n) is 5.57. The van der Waals surface area contributed by atoms with E-state index in [0.717, 1.165) is 6.07 Å². The minimum absolute atomic E-state index is 0.0240. The predicted molar refractivity (Wildman–Crippen MR) is 141 cm³/mol. The maximum absolute atomic E-state index is 13.9. The quantitative estimate of drug-likeness (QED) is 0.264. The monoisotopic (exact) mass is 567 g/mol. The van der Waals surface area contributed by atoms with E-state index in [1.54, 1.807) is 49.4 Å². The number of nitriles is 1. The fraction of sp³-hybridized carbons (Fsp3) is 0.143. The number of benzene rings is 3. The highest BCUT2D eigenvalue weighted by Crippen LogP contribution is 2.35. The summed E-state index contributed by atoms with van der Waals surface area (Å²) in [6, 6.07) is 15.5. The molecule has 0 unspecified atom stereocenters. The molecule has 0 aromatic heterocycles. The van der Waals surface area contributed by atoms with E-state index in [0.29, 0.717) is 57.5 Å². The molecule has 3 amide bonds. The summed E-state index contributed by atoms with van der Waals surface area (Å²) in [7, 11) is 0. The lowest BCUT2D eigenvalue weighted by Crippen LogP contribution is -2.36. The second-order valence-corrected chi connectivity index (χ2v) is 9.23. The number of rotatable bonds is 9. The van der Waals surface area contributed by atoms with Gasteiger partial charge in [0.25, 0.3) is 11.1 Å².